The minimum atomic E-state index is -3.44. The van der Waals surface area contributed by atoms with E-state index in [-0.39, 0.29) is 5.41 Å². The first-order valence-corrected chi connectivity index (χ1v) is 14.9. The van der Waals surface area contributed by atoms with Crippen molar-refractivity contribution in [2.75, 3.05) is 11.2 Å². The van der Waals surface area contributed by atoms with Crippen molar-refractivity contribution in [3.8, 4) is 5.75 Å². The number of benzene rings is 4. The van der Waals surface area contributed by atoms with Gasteiger partial charge in [0, 0.05) is 0 Å². The molecule has 0 atom stereocenters. The van der Waals surface area contributed by atoms with Gasteiger partial charge < -0.3 is 0 Å². The molecule has 4 aromatic carbocycles. The Labute approximate surface area is 210 Å². The molecular formula is C32H36NOP. The zero-order valence-corrected chi connectivity index (χ0v) is 22.4. The Morgan fingerprint density at radius 1 is 0.743 bits per heavy atom. The van der Waals surface area contributed by atoms with Crippen LogP contribution in [-0.4, -0.2) is 6.54 Å². The summed E-state index contributed by atoms with van der Waals surface area (Å²) in [5.74, 6) is 1.05. The van der Waals surface area contributed by atoms with Crippen molar-refractivity contribution in [2.24, 2.45) is 0 Å². The summed E-state index contributed by atoms with van der Waals surface area (Å²) in [7, 11) is 0. The fourth-order valence-corrected chi connectivity index (χ4v) is 11.8. The Morgan fingerprint density at radius 2 is 1.26 bits per heavy atom. The first kappa shape index (κ1) is 23.6. The number of fused-ring (bicyclic) bond motifs is 1. The first-order chi connectivity index (χ1) is 16.8. The van der Waals surface area contributed by atoms with E-state index in [0.29, 0.717) is 0 Å². The molecule has 180 valence electrons. The molecule has 0 saturated heterocycles. The summed E-state index contributed by atoms with van der Waals surface area (Å²) in [6.45, 7) is 8.77. The SMILES string of the molecule is CCN1c2cc(C)cc(C(C)(C)C)c2OP1(Cc1ccccc1)(c1ccccc1)c1ccccc1. The van der Waals surface area contributed by atoms with E-state index in [9.17, 15) is 0 Å². The van der Waals surface area contributed by atoms with E-state index >= 15 is 0 Å². The van der Waals surface area contributed by atoms with Gasteiger partial charge in [0.2, 0.25) is 0 Å². The van der Waals surface area contributed by atoms with E-state index in [0.717, 1.165) is 18.5 Å². The van der Waals surface area contributed by atoms with Crippen LogP contribution in [0.3, 0.4) is 0 Å². The quantitative estimate of drug-likeness (QED) is 0.270. The van der Waals surface area contributed by atoms with Gasteiger partial charge in [-0.1, -0.05) is 0 Å². The van der Waals surface area contributed by atoms with Crippen molar-refractivity contribution in [1.82, 2.24) is 0 Å². The van der Waals surface area contributed by atoms with Crippen molar-refractivity contribution < 1.29 is 4.52 Å². The zero-order valence-electron chi connectivity index (χ0n) is 21.5. The molecule has 0 spiro atoms. The average molecular weight is 482 g/mol. The van der Waals surface area contributed by atoms with Gasteiger partial charge in [0.05, 0.1) is 0 Å². The van der Waals surface area contributed by atoms with E-state index < -0.39 is 6.98 Å². The number of hydrogen-bond donors (Lipinski definition) is 0. The zero-order chi connectivity index (χ0) is 24.7. The third kappa shape index (κ3) is 3.58. The second-order valence-corrected chi connectivity index (χ2v) is 15.0. The molecule has 0 amide bonds. The Hall–Kier alpha value is -3.09. The molecule has 1 heterocycles. The third-order valence-electron chi connectivity index (χ3n) is 7.29. The van der Waals surface area contributed by atoms with Crippen molar-refractivity contribution in [2.45, 2.75) is 46.2 Å². The van der Waals surface area contributed by atoms with E-state index in [1.807, 2.05) is 0 Å². The van der Waals surface area contributed by atoms with Gasteiger partial charge in [-0.25, -0.2) is 0 Å². The number of anilines is 1. The van der Waals surface area contributed by atoms with Gasteiger partial charge in [0.25, 0.3) is 0 Å². The molecule has 5 rings (SSSR count). The molecule has 35 heavy (non-hydrogen) atoms. The van der Waals surface area contributed by atoms with Crippen molar-refractivity contribution in [1.29, 1.82) is 0 Å². The van der Waals surface area contributed by atoms with Crippen LogP contribution >= 0.6 is 6.98 Å². The number of aryl methyl sites for hydroxylation is 1. The summed E-state index contributed by atoms with van der Waals surface area (Å²) < 4.78 is 10.4. The number of hydrogen-bond acceptors (Lipinski definition) is 2. The van der Waals surface area contributed by atoms with Crippen molar-refractivity contribution in [3.63, 3.8) is 0 Å². The normalized spacial score (nSPS) is 17.2. The molecule has 1 aliphatic rings. The first-order valence-electron chi connectivity index (χ1n) is 12.6. The topological polar surface area (TPSA) is 12.5 Å². The van der Waals surface area contributed by atoms with Gasteiger partial charge in [-0.15, -0.1) is 0 Å². The van der Waals surface area contributed by atoms with Crippen LogP contribution in [0.1, 0.15) is 44.4 Å². The van der Waals surface area contributed by atoms with E-state index in [1.54, 1.807) is 0 Å². The number of rotatable bonds is 5. The predicted octanol–water partition coefficient (Wildman–Crippen LogP) is 7.75. The second-order valence-electron chi connectivity index (χ2n) is 10.7. The van der Waals surface area contributed by atoms with Gasteiger partial charge >= 0.3 is 211 Å². The summed E-state index contributed by atoms with van der Waals surface area (Å²) in [4.78, 5) is 0. The van der Waals surface area contributed by atoms with Gasteiger partial charge in [0.15, 0.2) is 0 Å². The second kappa shape index (κ2) is 8.54. The molecule has 0 aliphatic carbocycles. The average Bonchev–Trinajstić information content (AvgIpc) is 3.16. The predicted molar refractivity (Wildman–Crippen MR) is 153 cm³/mol. The molecule has 0 aromatic heterocycles. The molecule has 2 nitrogen and oxygen atoms in total. The monoisotopic (exact) mass is 481 g/mol. The van der Waals surface area contributed by atoms with Crippen molar-refractivity contribution in [3.05, 3.63) is 120 Å². The van der Waals surface area contributed by atoms with E-state index in [4.69, 9.17) is 4.52 Å². The van der Waals surface area contributed by atoms with Crippen LogP contribution in [-0.2, 0) is 11.6 Å². The van der Waals surface area contributed by atoms with Crippen LogP contribution in [0.5, 0.6) is 5.75 Å². The van der Waals surface area contributed by atoms with Crippen LogP contribution in [0, 0.1) is 6.92 Å². The Balaban J connectivity index is 1.94. The minimum absolute atomic E-state index is 0.0417. The van der Waals surface area contributed by atoms with Crippen LogP contribution in [0.25, 0.3) is 0 Å². The van der Waals surface area contributed by atoms with E-state index in [2.05, 4.69) is 142 Å². The Morgan fingerprint density at radius 3 is 1.74 bits per heavy atom. The Bertz CT molecular complexity index is 1290. The maximum atomic E-state index is 7.73. The summed E-state index contributed by atoms with van der Waals surface area (Å²) in [5, 5.41) is 2.54. The molecule has 3 heteroatoms. The van der Waals surface area contributed by atoms with Gasteiger partial charge in [-0.3, -0.25) is 0 Å². The summed E-state index contributed by atoms with van der Waals surface area (Å²) in [6, 6.07) is 37.5. The molecule has 0 N–H and O–H groups in total. The van der Waals surface area contributed by atoms with Gasteiger partial charge in [0.1, 0.15) is 0 Å². The fourth-order valence-electron chi connectivity index (χ4n) is 5.77. The Kier molecular flexibility index (Phi) is 5.77. The number of nitrogens with zero attached hydrogens (tertiary/aromatic N) is 1. The maximum absolute atomic E-state index is 7.73. The summed E-state index contributed by atoms with van der Waals surface area (Å²) in [5.41, 5.74) is 5.02. The molecule has 4 aromatic rings. The van der Waals surface area contributed by atoms with Crippen LogP contribution in [0.15, 0.2) is 103 Å². The fraction of sp³-hybridized carbons (Fsp3) is 0.250. The standard InChI is InChI=1S/C32H36NOP/c1-6-33-30-23-25(2)22-29(32(3,4)5)31(30)34-35(33,27-18-12-8-13-19-27,28-20-14-9-15-21-28)24-26-16-10-7-11-17-26/h7-23H,6,24H2,1-5H3. The third-order valence-corrected chi connectivity index (χ3v) is 13.1. The van der Waals surface area contributed by atoms with Crippen LogP contribution in [0.2, 0.25) is 0 Å². The molecule has 0 unspecified atom stereocenters. The molecule has 0 saturated carbocycles. The van der Waals surface area contributed by atoms with Crippen molar-refractivity contribution >= 4 is 23.3 Å². The molecule has 0 radical (unpaired) electrons. The van der Waals surface area contributed by atoms with Crippen LogP contribution < -0.4 is 19.8 Å². The summed E-state index contributed by atoms with van der Waals surface area (Å²) in [6.07, 6.45) is 0.811. The molecule has 0 fully saturated rings. The molecular weight excluding hydrogens is 445 g/mol. The summed E-state index contributed by atoms with van der Waals surface area (Å²) >= 11 is 0. The molecule has 0 bridgehead atoms. The molecule has 1 aliphatic heterocycles. The van der Waals surface area contributed by atoms with Gasteiger partial charge in [-0.05, 0) is 0 Å². The van der Waals surface area contributed by atoms with Crippen LogP contribution in [0.4, 0.5) is 5.69 Å². The van der Waals surface area contributed by atoms with Gasteiger partial charge in [-0.2, -0.15) is 0 Å². The van der Waals surface area contributed by atoms with E-state index in [1.165, 1.54) is 33.0 Å².